The standard InChI is InChI=1S/C23H26Cl2N2O.C4H7NO3.C3H7NO4S.C2H7NO2S.10C2H6.4CH4/c1-26(22(28)15-16-8-10-19(24)20(25)14-16)23-18-7-3-2-6-17(18)9-11-21(23)27-12-4-5-13-27;1-3(6)5-2-4(7)8;1-9(7,8)4-2-3(5)6;1-3-6(2,4)5;10*1-2;;;;/h2-3,6-8,10,14,21,23H,4-5,9,11-13,15H2,1H3;2H2,1H3,(H,5,6)(H,7,8);4H,2H2,1H3,(H,5,6);3H,1-2H3;10*1-2H3;4*1H4. The van der Waals surface area contributed by atoms with Crippen LogP contribution in [0, 0.1) is 0 Å². The van der Waals surface area contributed by atoms with Gasteiger partial charge in [-0.3, -0.25) is 24.1 Å². The summed E-state index contributed by atoms with van der Waals surface area (Å²) >= 11 is 12.2. The zero-order chi connectivity index (χ0) is 58.9. The molecule has 15 nitrogen and oxygen atoms in total. The number of nitrogens with zero attached hydrogens (tertiary/aromatic N) is 2. The number of carbonyl (C=O) groups is 4. The van der Waals surface area contributed by atoms with Crippen LogP contribution >= 0.6 is 23.2 Å². The minimum atomic E-state index is -3.35. The van der Waals surface area contributed by atoms with E-state index in [0.29, 0.717) is 22.5 Å². The lowest BCUT2D eigenvalue weighted by Gasteiger charge is -2.43. The molecule has 5 N–H and O–H groups in total. The molecule has 0 radical (unpaired) electrons. The molecule has 2 aromatic rings. The first-order chi connectivity index (χ1) is 33.6. The van der Waals surface area contributed by atoms with Crippen molar-refractivity contribution in [3.05, 3.63) is 69.2 Å². The van der Waals surface area contributed by atoms with Crippen LogP contribution in [-0.4, -0.2) is 119 Å². The van der Waals surface area contributed by atoms with Gasteiger partial charge in [0.05, 0.1) is 35.0 Å². The Morgan fingerprint density at radius 2 is 1.03 bits per heavy atom. The second-order valence-electron chi connectivity index (χ2n) is 11.7. The molecule has 2 unspecified atom stereocenters. The molecule has 1 fully saturated rings. The molecule has 0 bridgehead atoms. The minimum Gasteiger partial charge on any atom is -0.480 e. The number of likely N-dealkylation sites (tertiary alicyclic amines) is 1. The van der Waals surface area contributed by atoms with Gasteiger partial charge in [0, 0.05) is 20.0 Å². The number of nitrogens with one attached hydrogen (secondary N) is 3. The number of carboxylic acids is 2. The highest BCUT2D eigenvalue weighted by Gasteiger charge is 2.38. The van der Waals surface area contributed by atoms with E-state index in [9.17, 15) is 36.0 Å². The average molecular weight is 1160 g/mol. The Hall–Kier alpha value is -3.32. The topological polar surface area (TPSA) is 220 Å². The molecule has 2 amide bonds. The molecule has 2 aromatic carbocycles. The number of hydrogen-bond donors (Lipinski definition) is 5. The summed E-state index contributed by atoms with van der Waals surface area (Å²) in [6, 6.07) is 14.5. The summed E-state index contributed by atoms with van der Waals surface area (Å²) in [6.45, 7) is 42.7. The Morgan fingerprint density at radius 3 is 1.33 bits per heavy atom. The van der Waals surface area contributed by atoms with Gasteiger partial charge in [-0.1, -0.05) is 222 Å². The number of halogens is 2. The predicted molar refractivity (Wildman–Crippen MR) is 336 cm³/mol. The Bertz CT molecular complexity index is 1700. The monoisotopic (exact) mass is 1160 g/mol. The number of carboxylic acid groups (broad SMARTS) is 2. The van der Waals surface area contributed by atoms with Crippen molar-refractivity contribution in [2.75, 3.05) is 52.8 Å². The van der Waals surface area contributed by atoms with E-state index < -0.39 is 38.5 Å². The van der Waals surface area contributed by atoms with E-state index in [0.717, 1.165) is 44.0 Å². The van der Waals surface area contributed by atoms with E-state index in [1.165, 1.54) is 37.9 Å². The number of hydrogen-bond acceptors (Lipinski definition) is 9. The summed E-state index contributed by atoms with van der Waals surface area (Å²) in [7, 11) is -2.94. The summed E-state index contributed by atoms with van der Waals surface area (Å²) in [5.41, 5.74) is 3.57. The first-order valence-electron chi connectivity index (χ1n) is 25.7. The van der Waals surface area contributed by atoms with Gasteiger partial charge in [-0.25, -0.2) is 26.3 Å². The number of rotatable bonds is 10. The van der Waals surface area contributed by atoms with Crippen LogP contribution in [0.3, 0.4) is 0 Å². The first kappa shape index (κ1) is 108. The molecule has 458 valence electrons. The zero-order valence-corrected chi connectivity index (χ0v) is 52.3. The lowest BCUT2D eigenvalue weighted by molar-refractivity contribution is -0.137. The molecule has 1 aliphatic carbocycles. The third-order valence-electron chi connectivity index (χ3n) is 7.55. The predicted octanol–water partition coefficient (Wildman–Crippen LogP) is 14.9. The fourth-order valence-corrected chi connectivity index (χ4v) is 5.84. The smallest absolute Gasteiger partial charge is 0.322 e. The van der Waals surface area contributed by atoms with E-state index >= 15 is 0 Å². The number of aliphatic carboxylic acids is 2. The van der Waals surface area contributed by atoms with Gasteiger partial charge in [-0.2, -0.15) is 0 Å². The van der Waals surface area contributed by atoms with Gasteiger partial charge in [0.2, 0.25) is 31.9 Å². The largest absolute Gasteiger partial charge is 0.480 e. The Balaban J connectivity index is -0.0000000556. The van der Waals surface area contributed by atoms with Gasteiger partial charge in [0.15, 0.2) is 0 Å². The molecule has 4 rings (SSSR count). The van der Waals surface area contributed by atoms with E-state index in [1.54, 1.807) is 16.9 Å². The molecular weight excluding hydrogens is 1040 g/mol. The number of amides is 2. The molecule has 19 heteroatoms. The van der Waals surface area contributed by atoms with Crippen LogP contribution in [0.2, 0.25) is 10.0 Å². The van der Waals surface area contributed by atoms with Gasteiger partial charge in [0.1, 0.15) is 13.1 Å². The molecule has 1 heterocycles. The Morgan fingerprint density at radius 1 is 0.640 bits per heavy atom. The maximum absolute atomic E-state index is 13.2. The average Bonchev–Trinajstić information content (AvgIpc) is 3.95. The summed E-state index contributed by atoms with van der Waals surface area (Å²) in [4.78, 5) is 47.1. The zero-order valence-electron chi connectivity index (χ0n) is 49.2. The summed E-state index contributed by atoms with van der Waals surface area (Å²) in [6.07, 6.45) is 7.04. The van der Waals surface area contributed by atoms with Crippen molar-refractivity contribution in [3.63, 3.8) is 0 Å². The number of likely N-dealkylation sites (N-methyl/N-ethyl adjacent to an activating group) is 1. The number of sulfonamides is 2. The van der Waals surface area contributed by atoms with E-state index in [4.69, 9.17) is 33.4 Å². The lowest BCUT2D eigenvalue weighted by Crippen LogP contribution is -2.48. The molecule has 0 spiro atoms. The van der Waals surface area contributed by atoms with Gasteiger partial charge in [0.25, 0.3) is 0 Å². The Labute approximate surface area is 476 Å². The van der Waals surface area contributed by atoms with Crippen LogP contribution in [-0.2, 0) is 52.1 Å². The molecule has 0 aromatic heterocycles. The molecule has 1 aliphatic heterocycles. The molecule has 2 aliphatic rings. The highest BCUT2D eigenvalue weighted by Crippen LogP contribution is 2.38. The van der Waals surface area contributed by atoms with Crippen molar-refractivity contribution in [3.8, 4) is 0 Å². The number of fused-ring (bicyclic) bond motifs is 1. The highest BCUT2D eigenvalue weighted by atomic mass is 35.5. The van der Waals surface area contributed by atoms with Gasteiger partial charge >= 0.3 is 11.9 Å². The van der Waals surface area contributed by atoms with Crippen molar-refractivity contribution in [1.29, 1.82) is 0 Å². The quantitative estimate of drug-likeness (QED) is 0.151. The second kappa shape index (κ2) is 77.2. The first-order valence-corrected chi connectivity index (χ1v) is 30.2. The molecule has 75 heavy (non-hydrogen) atoms. The van der Waals surface area contributed by atoms with Crippen molar-refractivity contribution in [1.82, 2.24) is 24.6 Å². The maximum atomic E-state index is 13.2. The van der Waals surface area contributed by atoms with E-state index in [2.05, 4.69) is 39.2 Å². The van der Waals surface area contributed by atoms with E-state index in [-0.39, 0.29) is 54.1 Å². The van der Waals surface area contributed by atoms with Crippen LogP contribution in [0.15, 0.2) is 42.5 Å². The van der Waals surface area contributed by atoms with Crippen LogP contribution in [0.5, 0.6) is 0 Å². The lowest BCUT2D eigenvalue weighted by atomic mass is 9.82. The van der Waals surface area contributed by atoms with Crippen LogP contribution in [0.1, 0.15) is 217 Å². The summed E-state index contributed by atoms with van der Waals surface area (Å²) in [5, 5.41) is 19.0. The van der Waals surface area contributed by atoms with Gasteiger partial charge in [-0.05, 0) is 74.6 Å². The maximum Gasteiger partial charge on any atom is 0.322 e. The minimum absolute atomic E-state index is 0. The second-order valence-corrected chi connectivity index (χ2v) is 16.3. The van der Waals surface area contributed by atoms with Crippen LogP contribution < -0.4 is 14.8 Å². The van der Waals surface area contributed by atoms with Gasteiger partial charge < -0.3 is 20.4 Å². The molecular formula is C56H123Cl2N5O10S2. The molecule has 0 saturated carbocycles. The van der Waals surface area contributed by atoms with Crippen LogP contribution in [0.4, 0.5) is 0 Å². The summed E-state index contributed by atoms with van der Waals surface area (Å²) in [5.74, 6) is -2.43. The SMILES string of the molecule is C.C.C.C.CC.CC.CC.CC.CC.CC.CC.CC.CC.CC.CC(=O)NCC(=O)O.CN(C(=O)Cc1ccc(Cl)c(Cl)c1)C1c2ccccc2CCC1N1CCCC1.CNS(C)(=O)=O.CS(=O)(=O)NCC(=O)O. The Kier molecular flexibility index (Phi) is 111. The fourth-order valence-electron chi connectivity index (χ4n) is 5.14. The van der Waals surface area contributed by atoms with Crippen molar-refractivity contribution in [2.24, 2.45) is 0 Å². The van der Waals surface area contributed by atoms with Gasteiger partial charge in [-0.15, -0.1) is 0 Å². The fraction of sp³-hybridized carbons (Fsp3) is 0.714. The highest BCUT2D eigenvalue weighted by molar-refractivity contribution is 7.89. The number of benzene rings is 2. The summed E-state index contributed by atoms with van der Waals surface area (Å²) < 4.78 is 44.0. The molecule has 1 saturated heterocycles. The van der Waals surface area contributed by atoms with Crippen molar-refractivity contribution >= 4 is 67.0 Å². The number of aryl methyl sites for hydroxylation is 1. The normalized spacial score (nSPS) is 12.2. The number of carbonyl (C=O) groups excluding carboxylic acids is 2. The van der Waals surface area contributed by atoms with Crippen molar-refractivity contribution < 1.29 is 46.2 Å². The van der Waals surface area contributed by atoms with Crippen LogP contribution in [0.25, 0.3) is 0 Å². The van der Waals surface area contributed by atoms with Crippen molar-refractivity contribution in [2.45, 2.75) is 219 Å². The van der Waals surface area contributed by atoms with E-state index in [1.807, 2.05) is 156 Å². The third-order valence-corrected chi connectivity index (χ3v) is 9.70. The molecule has 2 atom stereocenters. The third kappa shape index (κ3) is 66.7.